The molecule has 1 atom stereocenters. The Morgan fingerprint density at radius 3 is 2.65 bits per heavy atom. The van der Waals surface area contributed by atoms with Crippen LogP contribution in [0.4, 0.5) is 0 Å². The average molecular weight is 236 g/mol. The topological polar surface area (TPSA) is 29.5 Å². The van der Waals surface area contributed by atoms with E-state index in [0.717, 1.165) is 24.2 Å². The molecular formula is C15H24O2. The van der Waals surface area contributed by atoms with Crippen molar-refractivity contribution in [2.24, 2.45) is 0 Å². The molecule has 0 aliphatic heterocycles. The SMILES string of the molecule is CCCCCC[C@H](O)Cc1ccccc1OC. The largest absolute Gasteiger partial charge is 0.496 e. The zero-order chi connectivity index (χ0) is 12.5. The van der Waals surface area contributed by atoms with Crippen LogP contribution in [0, 0.1) is 0 Å². The first-order valence-electron chi connectivity index (χ1n) is 6.58. The number of para-hydroxylation sites is 1. The molecule has 0 saturated heterocycles. The molecule has 1 N–H and O–H groups in total. The Balaban J connectivity index is 2.36. The normalized spacial score (nSPS) is 12.4. The molecule has 1 rings (SSSR count). The highest BCUT2D eigenvalue weighted by atomic mass is 16.5. The molecule has 1 aromatic rings. The summed E-state index contributed by atoms with van der Waals surface area (Å²) < 4.78 is 5.28. The minimum absolute atomic E-state index is 0.247. The minimum Gasteiger partial charge on any atom is -0.496 e. The van der Waals surface area contributed by atoms with Crippen LogP contribution >= 0.6 is 0 Å². The molecule has 0 unspecified atom stereocenters. The van der Waals surface area contributed by atoms with Gasteiger partial charge in [-0.1, -0.05) is 50.8 Å². The van der Waals surface area contributed by atoms with Crippen LogP contribution in [0.15, 0.2) is 24.3 Å². The highest BCUT2D eigenvalue weighted by Crippen LogP contribution is 2.20. The molecule has 0 aromatic heterocycles. The van der Waals surface area contributed by atoms with Gasteiger partial charge in [0, 0.05) is 6.42 Å². The lowest BCUT2D eigenvalue weighted by Crippen LogP contribution is -2.11. The first-order valence-corrected chi connectivity index (χ1v) is 6.58. The van der Waals surface area contributed by atoms with Crippen molar-refractivity contribution in [3.63, 3.8) is 0 Å². The van der Waals surface area contributed by atoms with Crippen LogP contribution in [0.1, 0.15) is 44.6 Å². The van der Waals surface area contributed by atoms with Crippen LogP contribution in [0.5, 0.6) is 5.75 Å². The van der Waals surface area contributed by atoms with Crippen molar-refractivity contribution in [2.45, 2.75) is 51.6 Å². The maximum Gasteiger partial charge on any atom is 0.122 e. The number of methoxy groups -OCH3 is 1. The van der Waals surface area contributed by atoms with Gasteiger partial charge in [-0.2, -0.15) is 0 Å². The zero-order valence-corrected chi connectivity index (χ0v) is 11.0. The van der Waals surface area contributed by atoms with E-state index in [2.05, 4.69) is 6.92 Å². The number of ether oxygens (including phenoxy) is 1. The van der Waals surface area contributed by atoms with E-state index < -0.39 is 0 Å². The van der Waals surface area contributed by atoms with Gasteiger partial charge in [0.25, 0.3) is 0 Å². The van der Waals surface area contributed by atoms with Crippen LogP contribution in [0.25, 0.3) is 0 Å². The van der Waals surface area contributed by atoms with Crippen LogP contribution in [-0.2, 0) is 6.42 Å². The molecule has 1 aromatic carbocycles. The second kappa shape index (κ2) is 8.13. The fourth-order valence-electron chi connectivity index (χ4n) is 2.03. The fraction of sp³-hybridized carbons (Fsp3) is 0.600. The van der Waals surface area contributed by atoms with Crippen molar-refractivity contribution in [2.75, 3.05) is 7.11 Å². The lowest BCUT2D eigenvalue weighted by atomic mass is 10.0. The second-order valence-electron chi connectivity index (χ2n) is 4.52. The number of hydrogen-bond donors (Lipinski definition) is 1. The van der Waals surface area contributed by atoms with E-state index in [4.69, 9.17) is 4.74 Å². The van der Waals surface area contributed by atoms with Crippen LogP contribution < -0.4 is 4.74 Å². The summed E-state index contributed by atoms with van der Waals surface area (Å²) in [5.41, 5.74) is 1.10. The van der Waals surface area contributed by atoms with Crippen LogP contribution in [0.3, 0.4) is 0 Å². The Hall–Kier alpha value is -1.02. The van der Waals surface area contributed by atoms with Crippen molar-refractivity contribution < 1.29 is 9.84 Å². The van der Waals surface area contributed by atoms with Crippen molar-refractivity contribution in [3.05, 3.63) is 29.8 Å². The van der Waals surface area contributed by atoms with E-state index in [1.54, 1.807) is 7.11 Å². The lowest BCUT2D eigenvalue weighted by molar-refractivity contribution is 0.160. The quantitative estimate of drug-likeness (QED) is 0.699. The first-order chi connectivity index (χ1) is 8.27. The smallest absolute Gasteiger partial charge is 0.122 e. The van der Waals surface area contributed by atoms with E-state index in [1.165, 1.54) is 19.3 Å². The van der Waals surface area contributed by atoms with Gasteiger partial charge in [-0.05, 0) is 18.1 Å². The number of unbranched alkanes of at least 4 members (excludes halogenated alkanes) is 3. The summed E-state index contributed by atoms with van der Waals surface area (Å²) in [5, 5.41) is 9.97. The third-order valence-corrected chi connectivity index (χ3v) is 3.04. The molecule has 96 valence electrons. The van der Waals surface area contributed by atoms with Gasteiger partial charge in [-0.25, -0.2) is 0 Å². The second-order valence-corrected chi connectivity index (χ2v) is 4.52. The Morgan fingerprint density at radius 1 is 1.18 bits per heavy atom. The third kappa shape index (κ3) is 5.22. The van der Waals surface area contributed by atoms with Gasteiger partial charge in [0.15, 0.2) is 0 Å². The Bertz CT molecular complexity index is 310. The van der Waals surface area contributed by atoms with E-state index in [9.17, 15) is 5.11 Å². The third-order valence-electron chi connectivity index (χ3n) is 3.04. The van der Waals surface area contributed by atoms with Gasteiger partial charge < -0.3 is 9.84 Å². The molecular weight excluding hydrogens is 212 g/mol. The van der Waals surface area contributed by atoms with E-state index >= 15 is 0 Å². The fourth-order valence-corrected chi connectivity index (χ4v) is 2.03. The van der Waals surface area contributed by atoms with Crippen molar-refractivity contribution >= 4 is 0 Å². The summed E-state index contributed by atoms with van der Waals surface area (Å²) in [5.74, 6) is 0.875. The first kappa shape index (κ1) is 14.0. The predicted molar refractivity (Wildman–Crippen MR) is 71.5 cm³/mol. The van der Waals surface area contributed by atoms with Gasteiger partial charge in [-0.15, -0.1) is 0 Å². The highest BCUT2D eigenvalue weighted by molar-refractivity contribution is 5.33. The van der Waals surface area contributed by atoms with E-state index in [1.807, 2.05) is 24.3 Å². The monoisotopic (exact) mass is 236 g/mol. The van der Waals surface area contributed by atoms with Gasteiger partial charge in [0.2, 0.25) is 0 Å². The Morgan fingerprint density at radius 2 is 1.94 bits per heavy atom. The number of rotatable bonds is 8. The summed E-state index contributed by atoms with van der Waals surface area (Å²) >= 11 is 0. The summed E-state index contributed by atoms with van der Waals surface area (Å²) in [6.07, 6.45) is 6.17. The lowest BCUT2D eigenvalue weighted by Gasteiger charge is -2.13. The molecule has 2 heteroatoms. The van der Waals surface area contributed by atoms with E-state index in [0.29, 0.717) is 6.42 Å². The maximum atomic E-state index is 9.97. The van der Waals surface area contributed by atoms with Crippen molar-refractivity contribution in [1.29, 1.82) is 0 Å². The van der Waals surface area contributed by atoms with Gasteiger partial charge in [0.1, 0.15) is 5.75 Å². The maximum absolute atomic E-state index is 9.97. The van der Waals surface area contributed by atoms with Gasteiger partial charge in [0.05, 0.1) is 13.2 Å². The molecule has 0 aliphatic carbocycles. The molecule has 2 nitrogen and oxygen atoms in total. The molecule has 0 aliphatic rings. The van der Waals surface area contributed by atoms with Crippen molar-refractivity contribution in [1.82, 2.24) is 0 Å². The number of benzene rings is 1. The minimum atomic E-state index is -0.247. The molecule has 0 saturated carbocycles. The van der Waals surface area contributed by atoms with E-state index in [-0.39, 0.29) is 6.10 Å². The molecule has 17 heavy (non-hydrogen) atoms. The number of hydrogen-bond acceptors (Lipinski definition) is 2. The summed E-state index contributed by atoms with van der Waals surface area (Å²) in [7, 11) is 1.67. The predicted octanol–water partition coefficient (Wildman–Crippen LogP) is 3.57. The van der Waals surface area contributed by atoms with Crippen molar-refractivity contribution in [3.8, 4) is 5.75 Å². The zero-order valence-electron chi connectivity index (χ0n) is 11.0. The molecule has 0 radical (unpaired) electrons. The standard InChI is InChI=1S/C15H24O2/c1-3-4-5-6-10-14(16)12-13-9-7-8-11-15(13)17-2/h7-9,11,14,16H,3-6,10,12H2,1-2H3/t14-/m0/s1. The molecule has 0 heterocycles. The average Bonchev–Trinajstić information content (AvgIpc) is 2.35. The van der Waals surface area contributed by atoms with Gasteiger partial charge in [-0.3, -0.25) is 0 Å². The van der Waals surface area contributed by atoms with Gasteiger partial charge >= 0.3 is 0 Å². The number of aliphatic hydroxyl groups excluding tert-OH is 1. The van der Waals surface area contributed by atoms with Crippen LogP contribution in [0.2, 0.25) is 0 Å². The highest BCUT2D eigenvalue weighted by Gasteiger charge is 2.08. The molecule has 0 amide bonds. The van der Waals surface area contributed by atoms with Crippen LogP contribution in [-0.4, -0.2) is 18.3 Å². The molecule has 0 fully saturated rings. The summed E-state index contributed by atoms with van der Waals surface area (Å²) in [6.45, 7) is 2.20. The summed E-state index contributed by atoms with van der Waals surface area (Å²) in [4.78, 5) is 0. The number of aliphatic hydroxyl groups is 1. The molecule has 0 bridgehead atoms. The molecule has 0 spiro atoms. The Kier molecular flexibility index (Phi) is 6.71. The Labute approximate surface area is 105 Å². The summed E-state index contributed by atoms with van der Waals surface area (Å²) in [6, 6.07) is 7.91.